The molecule has 6 rings (SSSR count). The number of aromatic nitrogens is 2. The standard InChI is InChI=1S/C32H35N5O5S/c1-22-10-11-23(20-29(22)43(39,40)37-16-18-42-19-17-37)30-25-8-4-5-9-26(25)31(35-34-30)33-24-12-13-28(41-2)27(21-24)32(38)36-14-6-3-7-15-36/h4-5,8-13,20-21H,3,6-7,14-19H2,1-2H3,(H,33,35). The number of fused-ring (bicyclic) bond motifs is 1. The SMILES string of the molecule is COc1ccc(Nc2nnc(-c3ccc(C)c(S(=O)(=O)N4CCOCC4)c3)c3ccccc23)cc1C(=O)N1CCCCC1. The molecule has 3 heterocycles. The fraction of sp³-hybridized carbons (Fsp3) is 0.344. The number of nitrogens with zero attached hydrogens (tertiary/aromatic N) is 4. The maximum absolute atomic E-state index is 13.5. The first kappa shape index (κ1) is 29.0. The van der Waals surface area contributed by atoms with Crippen LogP contribution < -0.4 is 10.1 Å². The number of hydrogen-bond acceptors (Lipinski definition) is 8. The monoisotopic (exact) mass is 601 g/mol. The van der Waals surface area contributed by atoms with E-state index in [1.54, 1.807) is 32.2 Å². The minimum atomic E-state index is -3.70. The maximum Gasteiger partial charge on any atom is 0.257 e. The van der Waals surface area contributed by atoms with Crippen molar-refractivity contribution in [3.05, 3.63) is 71.8 Å². The molecule has 43 heavy (non-hydrogen) atoms. The van der Waals surface area contributed by atoms with Crippen LogP contribution in [0.25, 0.3) is 22.0 Å². The lowest BCUT2D eigenvalue weighted by atomic mass is 10.0. The number of anilines is 2. The Morgan fingerprint density at radius 2 is 1.65 bits per heavy atom. The molecule has 2 aliphatic rings. The second-order valence-corrected chi connectivity index (χ2v) is 12.7. The van der Waals surface area contributed by atoms with E-state index in [-0.39, 0.29) is 10.8 Å². The van der Waals surface area contributed by atoms with Crippen LogP contribution in [0.5, 0.6) is 5.75 Å². The number of amides is 1. The number of hydrogen-bond donors (Lipinski definition) is 1. The lowest BCUT2D eigenvalue weighted by Gasteiger charge is -2.27. The van der Waals surface area contributed by atoms with Crippen LogP contribution in [-0.2, 0) is 14.8 Å². The van der Waals surface area contributed by atoms with Gasteiger partial charge in [0.05, 0.1) is 30.8 Å². The zero-order valence-corrected chi connectivity index (χ0v) is 25.2. The number of carbonyl (C=O) groups excluding carboxylic acids is 1. The Hall–Kier alpha value is -4.06. The zero-order chi connectivity index (χ0) is 30.0. The number of ether oxygens (including phenoxy) is 2. The van der Waals surface area contributed by atoms with Crippen LogP contribution in [0, 0.1) is 6.92 Å². The molecule has 224 valence electrons. The number of methoxy groups -OCH3 is 1. The molecular formula is C32H35N5O5S. The van der Waals surface area contributed by atoms with Crippen LogP contribution >= 0.6 is 0 Å². The highest BCUT2D eigenvalue weighted by atomic mass is 32.2. The molecule has 0 spiro atoms. The molecule has 0 unspecified atom stereocenters. The molecule has 0 aliphatic carbocycles. The first-order valence-electron chi connectivity index (χ1n) is 14.6. The largest absolute Gasteiger partial charge is 0.496 e. The molecule has 0 atom stereocenters. The Balaban J connectivity index is 1.35. The van der Waals surface area contributed by atoms with Gasteiger partial charge < -0.3 is 19.7 Å². The highest BCUT2D eigenvalue weighted by Crippen LogP contribution is 2.34. The Morgan fingerprint density at radius 1 is 0.907 bits per heavy atom. The molecule has 3 aromatic carbocycles. The number of piperidine rings is 1. The topological polar surface area (TPSA) is 114 Å². The van der Waals surface area contributed by atoms with Crippen LogP contribution in [0.15, 0.2) is 65.6 Å². The molecule has 4 aromatic rings. The summed E-state index contributed by atoms with van der Waals surface area (Å²) in [5, 5.41) is 14.1. The highest BCUT2D eigenvalue weighted by molar-refractivity contribution is 7.89. The number of likely N-dealkylation sites (tertiary alicyclic amines) is 1. The van der Waals surface area contributed by atoms with Crippen molar-refractivity contribution in [3.63, 3.8) is 0 Å². The molecule has 2 aliphatic heterocycles. The van der Waals surface area contributed by atoms with Crippen molar-refractivity contribution in [1.82, 2.24) is 19.4 Å². The third kappa shape index (κ3) is 5.80. The number of aryl methyl sites for hydroxylation is 1. The van der Waals surface area contributed by atoms with Gasteiger partial charge in [0, 0.05) is 48.2 Å². The average molecular weight is 602 g/mol. The molecule has 11 heteroatoms. The number of morpholine rings is 1. The minimum absolute atomic E-state index is 0.0475. The molecule has 0 radical (unpaired) electrons. The fourth-order valence-electron chi connectivity index (χ4n) is 5.72. The predicted molar refractivity (Wildman–Crippen MR) is 165 cm³/mol. The van der Waals surface area contributed by atoms with Gasteiger partial charge in [0.2, 0.25) is 10.0 Å². The fourth-order valence-corrected chi connectivity index (χ4v) is 7.38. The van der Waals surface area contributed by atoms with E-state index in [2.05, 4.69) is 15.5 Å². The summed E-state index contributed by atoms with van der Waals surface area (Å²) in [7, 11) is -2.13. The third-order valence-electron chi connectivity index (χ3n) is 8.07. The van der Waals surface area contributed by atoms with E-state index < -0.39 is 10.0 Å². The Morgan fingerprint density at radius 3 is 2.40 bits per heavy atom. The van der Waals surface area contributed by atoms with Crippen LogP contribution in [0.3, 0.4) is 0 Å². The van der Waals surface area contributed by atoms with E-state index in [1.807, 2.05) is 47.4 Å². The lowest BCUT2D eigenvalue weighted by molar-refractivity contribution is 0.0721. The van der Waals surface area contributed by atoms with E-state index in [0.29, 0.717) is 65.9 Å². The van der Waals surface area contributed by atoms with Gasteiger partial charge in [-0.05, 0) is 56.0 Å². The van der Waals surface area contributed by atoms with Gasteiger partial charge in [-0.15, -0.1) is 10.2 Å². The van der Waals surface area contributed by atoms with Gasteiger partial charge in [0.15, 0.2) is 5.82 Å². The summed E-state index contributed by atoms with van der Waals surface area (Å²) in [4.78, 5) is 15.5. The quantitative estimate of drug-likeness (QED) is 0.315. The van der Waals surface area contributed by atoms with Crippen molar-refractivity contribution in [2.75, 3.05) is 51.8 Å². The van der Waals surface area contributed by atoms with Gasteiger partial charge >= 0.3 is 0 Å². The number of nitrogens with one attached hydrogen (secondary N) is 1. The molecule has 1 amide bonds. The second kappa shape index (κ2) is 12.3. The summed E-state index contributed by atoms with van der Waals surface area (Å²) in [6.45, 7) is 4.69. The number of rotatable bonds is 7. The molecule has 0 bridgehead atoms. The Kier molecular flexibility index (Phi) is 8.29. The highest BCUT2D eigenvalue weighted by Gasteiger charge is 2.28. The first-order chi connectivity index (χ1) is 20.9. The normalized spacial score (nSPS) is 16.3. The van der Waals surface area contributed by atoms with Gasteiger partial charge in [-0.2, -0.15) is 4.31 Å². The van der Waals surface area contributed by atoms with E-state index >= 15 is 0 Å². The molecule has 1 N–H and O–H groups in total. The van der Waals surface area contributed by atoms with E-state index in [1.165, 1.54) is 4.31 Å². The maximum atomic E-state index is 13.5. The molecular weight excluding hydrogens is 566 g/mol. The first-order valence-corrected chi connectivity index (χ1v) is 16.0. The van der Waals surface area contributed by atoms with Crippen molar-refractivity contribution < 1.29 is 22.7 Å². The number of benzene rings is 3. The van der Waals surface area contributed by atoms with Crippen LogP contribution in [0.4, 0.5) is 11.5 Å². The van der Waals surface area contributed by atoms with Crippen molar-refractivity contribution in [1.29, 1.82) is 0 Å². The molecule has 10 nitrogen and oxygen atoms in total. The van der Waals surface area contributed by atoms with Crippen molar-refractivity contribution >= 4 is 38.2 Å². The number of carbonyl (C=O) groups is 1. The van der Waals surface area contributed by atoms with Crippen molar-refractivity contribution in [3.8, 4) is 17.0 Å². The molecule has 1 aromatic heterocycles. The van der Waals surface area contributed by atoms with Gasteiger partial charge in [-0.3, -0.25) is 4.79 Å². The van der Waals surface area contributed by atoms with Crippen LogP contribution in [0.2, 0.25) is 0 Å². The number of sulfonamides is 1. The van der Waals surface area contributed by atoms with Gasteiger partial charge in [0.25, 0.3) is 5.91 Å². The minimum Gasteiger partial charge on any atom is -0.496 e. The van der Waals surface area contributed by atoms with E-state index in [0.717, 1.165) is 43.1 Å². The molecule has 2 fully saturated rings. The van der Waals surface area contributed by atoms with Gasteiger partial charge in [-0.25, -0.2) is 8.42 Å². The molecule has 0 saturated carbocycles. The Bertz CT molecular complexity index is 1770. The van der Waals surface area contributed by atoms with E-state index in [4.69, 9.17) is 9.47 Å². The third-order valence-corrected chi connectivity index (χ3v) is 10.1. The van der Waals surface area contributed by atoms with Crippen LogP contribution in [0.1, 0.15) is 35.2 Å². The summed E-state index contributed by atoms with van der Waals surface area (Å²) < 4.78 is 39.4. The summed E-state index contributed by atoms with van der Waals surface area (Å²) in [5.41, 5.74) is 3.08. The van der Waals surface area contributed by atoms with E-state index in [9.17, 15) is 13.2 Å². The predicted octanol–water partition coefficient (Wildman–Crippen LogP) is 5.00. The summed E-state index contributed by atoms with van der Waals surface area (Å²) in [6.07, 6.45) is 3.14. The Labute approximate surface area is 251 Å². The zero-order valence-electron chi connectivity index (χ0n) is 24.4. The smallest absolute Gasteiger partial charge is 0.257 e. The summed E-state index contributed by atoms with van der Waals surface area (Å²) in [6, 6.07) is 18.5. The molecule has 2 saturated heterocycles. The van der Waals surface area contributed by atoms with Crippen molar-refractivity contribution in [2.45, 2.75) is 31.1 Å². The van der Waals surface area contributed by atoms with Crippen LogP contribution in [-0.4, -0.2) is 80.2 Å². The van der Waals surface area contributed by atoms with Gasteiger partial charge in [-0.1, -0.05) is 36.4 Å². The average Bonchev–Trinajstić information content (AvgIpc) is 3.05. The summed E-state index contributed by atoms with van der Waals surface area (Å²) in [5.74, 6) is 0.998. The second-order valence-electron chi connectivity index (χ2n) is 10.8. The van der Waals surface area contributed by atoms with Gasteiger partial charge in [0.1, 0.15) is 11.4 Å². The van der Waals surface area contributed by atoms with Crippen molar-refractivity contribution in [2.24, 2.45) is 0 Å². The summed E-state index contributed by atoms with van der Waals surface area (Å²) >= 11 is 0. The lowest BCUT2D eigenvalue weighted by Crippen LogP contribution is -2.40.